The summed E-state index contributed by atoms with van der Waals surface area (Å²) in [5.74, 6) is -0.407. The van der Waals surface area contributed by atoms with E-state index in [-0.39, 0.29) is 12.2 Å². The molecule has 76 valence electrons. The van der Waals surface area contributed by atoms with Crippen LogP contribution in [0.4, 0.5) is 5.69 Å². The van der Waals surface area contributed by atoms with Gasteiger partial charge >= 0.3 is 5.69 Å². The van der Waals surface area contributed by atoms with Gasteiger partial charge < -0.3 is 16.6 Å². The zero-order valence-corrected chi connectivity index (χ0v) is 7.38. The van der Waals surface area contributed by atoms with Crippen LogP contribution in [0, 0.1) is 10.1 Å². The van der Waals surface area contributed by atoms with Crippen molar-refractivity contribution in [2.45, 2.75) is 6.04 Å². The van der Waals surface area contributed by atoms with Crippen molar-refractivity contribution in [2.24, 2.45) is 11.5 Å². The quantitative estimate of drug-likeness (QED) is 0.474. The van der Waals surface area contributed by atoms with E-state index < -0.39 is 16.7 Å². The summed E-state index contributed by atoms with van der Waals surface area (Å²) in [4.78, 5) is 9.79. The third-order valence-corrected chi connectivity index (χ3v) is 1.90. The highest BCUT2D eigenvalue weighted by Gasteiger charge is 2.19. The van der Waals surface area contributed by atoms with Crippen molar-refractivity contribution >= 4 is 5.69 Å². The van der Waals surface area contributed by atoms with Crippen LogP contribution in [-0.2, 0) is 0 Å². The lowest BCUT2D eigenvalue weighted by atomic mass is 10.1. The lowest BCUT2D eigenvalue weighted by Gasteiger charge is -2.10. The van der Waals surface area contributed by atoms with E-state index in [2.05, 4.69) is 0 Å². The molecule has 0 heterocycles. The number of hydrogen-bond donors (Lipinski definition) is 3. The SMILES string of the molecule is NC[C@H](N)c1cccc([N+](=O)[O-])c1O. The standard InChI is InChI=1S/C8H11N3O3/c9-4-6(10)5-2-1-3-7(8(5)12)11(13)14/h1-3,6,12H,4,9-10H2/t6-/m0/s1. The Bertz CT molecular complexity index is 354. The summed E-state index contributed by atoms with van der Waals surface area (Å²) >= 11 is 0. The first-order valence-electron chi connectivity index (χ1n) is 3.99. The molecular weight excluding hydrogens is 186 g/mol. The number of nitrogens with two attached hydrogens (primary N) is 2. The molecule has 1 rings (SSSR count). The summed E-state index contributed by atoms with van der Waals surface area (Å²) in [6.45, 7) is 0.120. The first-order chi connectivity index (χ1) is 6.57. The van der Waals surface area contributed by atoms with Crippen LogP contribution in [0.1, 0.15) is 11.6 Å². The van der Waals surface area contributed by atoms with Gasteiger partial charge in [0, 0.05) is 24.2 Å². The molecule has 0 aromatic heterocycles. The summed E-state index contributed by atoms with van der Waals surface area (Å²) in [5, 5.41) is 19.9. The molecule has 0 fully saturated rings. The molecule has 0 aliphatic heterocycles. The second kappa shape index (κ2) is 4.03. The molecule has 0 aliphatic rings. The van der Waals surface area contributed by atoms with Crippen LogP contribution >= 0.6 is 0 Å². The third kappa shape index (κ3) is 1.81. The Morgan fingerprint density at radius 1 is 1.57 bits per heavy atom. The van der Waals surface area contributed by atoms with Crippen molar-refractivity contribution in [2.75, 3.05) is 6.54 Å². The van der Waals surface area contributed by atoms with Crippen molar-refractivity contribution in [3.63, 3.8) is 0 Å². The highest BCUT2D eigenvalue weighted by Crippen LogP contribution is 2.31. The average molecular weight is 197 g/mol. The van der Waals surface area contributed by atoms with Gasteiger partial charge in [-0.2, -0.15) is 0 Å². The van der Waals surface area contributed by atoms with Gasteiger partial charge in [-0.3, -0.25) is 10.1 Å². The molecule has 0 amide bonds. The number of benzene rings is 1. The monoisotopic (exact) mass is 197 g/mol. The fourth-order valence-electron chi connectivity index (χ4n) is 1.12. The molecule has 14 heavy (non-hydrogen) atoms. The molecule has 0 unspecified atom stereocenters. The van der Waals surface area contributed by atoms with Crippen molar-refractivity contribution in [3.8, 4) is 5.75 Å². The molecule has 0 spiro atoms. The van der Waals surface area contributed by atoms with E-state index in [9.17, 15) is 15.2 Å². The number of nitrogens with zero attached hydrogens (tertiary/aromatic N) is 1. The Morgan fingerprint density at radius 3 is 2.71 bits per heavy atom. The maximum atomic E-state index is 10.5. The van der Waals surface area contributed by atoms with Crippen molar-refractivity contribution in [1.82, 2.24) is 0 Å². The second-order valence-corrected chi connectivity index (χ2v) is 2.81. The molecule has 6 heteroatoms. The Balaban J connectivity index is 3.20. The molecule has 0 aliphatic carbocycles. The summed E-state index contributed by atoms with van der Waals surface area (Å²) < 4.78 is 0. The van der Waals surface area contributed by atoms with Crippen LogP contribution < -0.4 is 11.5 Å². The van der Waals surface area contributed by atoms with Crippen LogP contribution in [0.3, 0.4) is 0 Å². The topological polar surface area (TPSA) is 115 Å². The maximum Gasteiger partial charge on any atom is 0.311 e. The van der Waals surface area contributed by atoms with Gasteiger partial charge in [0.15, 0.2) is 5.75 Å². The van der Waals surface area contributed by atoms with Crippen LogP contribution in [0.2, 0.25) is 0 Å². The number of phenolic OH excluding ortho intramolecular Hbond substituents is 1. The van der Waals surface area contributed by atoms with Crippen LogP contribution in [0.15, 0.2) is 18.2 Å². The summed E-state index contributed by atoms with van der Waals surface area (Å²) in [6, 6.07) is 3.60. The predicted molar refractivity (Wildman–Crippen MR) is 50.7 cm³/mol. The molecule has 0 bridgehead atoms. The largest absolute Gasteiger partial charge is 0.502 e. The zero-order chi connectivity index (χ0) is 10.7. The van der Waals surface area contributed by atoms with Gasteiger partial charge in [0.2, 0.25) is 0 Å². The molecule has 0 saturated heterocycles. The van der Waals surface area contributed by atoms with Gasteiger partial charge in [-0.05, 0) is 0 Å². The summed E-state index contributed by atoms with van der Waals surface area (Å²) in [5.41, 5.74) is 10.8. The fraction of sp³-hybridized carbons (Fsp3) is 0.250. The lowest BCUT2D eigenvalue weighted by Crippen LogP contribution is -2.20. The van der Waals surface area contributed by atoms with Gasteiger partial charge in [-0.25, -0.2) is 0 Å². The summed E-state index contributed by atoms with van der Waals surface area (Å²) in [7, 11) is 0. The van der Waals surface area contributed by atoms with E-state index in [4.69, 9.17) is 11.5 Å². The van der Waals surface area contributed by atoms with Crippen LogP contribution in [-0.4, -0.2) is 16.6 Å². The van der Waals surface area contributed by atoms with Crippen LogP contribution in [0.5, 0.6) is 5.75 Å². The number of phenols is 1. The van der Waals surface area contributed by atoms with E-state index >= 15 is 0 Å². The normalized spacial score (nSPS) is 12.4. The van der Waals surface area contributed by atoms with Gasteiger partial charge in [0.05, 0.1) is 4.92 Å². The zero-order valence-electron chi connectivity index (χ0n) is 7.38. The van der Waals surface area contributed by atoms with Gasteiger partial charge in [0.1, 0.15) is 0 Å². The highest BCUT2D eigenvalue weighted by molar-refractivity contribution is 5.51. The lowest BCUT2D eigenvalue weighted by molar-refractivity contribution is -0.385. The predicted octanol–water partition coefficient (Wildman–Crippen LogP) is 0.259. The maximum absolute atomic E-state index is 10.5. The Kier molecular flexibility index (Phi) is 3.00. The second-order valence-electron chi connectivity index (χ2n) is 2.81. The minimum Gasteiger partial charge on any atom is -0.502 e. The molecule has 6 nitrogen and oxygen atoms in total. The Morgan fingerprint density at radius 2 is 2.21 bits per heavy atom. The first-order valence-corrected chi connectivity index (χ1v) is 3.99. The van der Waals surface area contributed by atoms with E-state index in [0.717, 1.165) is 0 Å². The smallest absolute Gasteiger partial charge is 0.311 e. The summed E-state index contributed by atoms with van der Waals surface area (Å²) in [6.07, 6.45) is 0. The molecule has 1 aromatic rings. The Hall–Kier alpha value is -1.66. The number of nitro groups is 1. The number of hydrogen-bond acceptors (Lipinski definition) is 5. The fourth-order valence-corrected chi connectivity index (χ4v) is 1.12. The minimum absolute atomic E-state index is 0.120. The van der Waals surface area contributed by atoms with Gasteiger partial charge in [0.25, 0.3) is 0 Å². The van der Waals surface area contributed by atoms with E-state index in [1.807, 2.05) is 0 Å². The minimum atomic E-state index is -0.665. The third-order valence-electron chi connectivity index (χ3n) is 1.90. The molecule has 0 saturated carbocycles. The molecule has 1 aromatic carbocycles. The van der Waals surface area contributed by atoms with E-state index in [0.29, 0.717) is 5.56 Å². The average Bonchev–Trinajstić information content (AvgIpc) is 2.16. The molecule has 1 atom stereocenters. The highest BCUT2D eigenvalue weighted by atomic mass is 16.6. The van der Waals surface area contributed by atoms with E-state index in [1.165, 1.54) is 18.2 Å². The van der Waals surface area contributed by atoms with E-state index in [1.54, 1.807) is 0 Å². The Labute approximate surface area is 80.3 Å². The number of nitro benzene ring substituents is 1. The van der Waals surface area contributed by atoms with Gasteiger partial charge in [-0.1, -0.05) is 12.1 Å². The first kappa shape index (κ1) is 10.4. The van der Waals surface area contributed by atoms with Crippen LogP contribution in [0.25, 0.3) is 0 Å². The number of rotatable bonds is 3. The van der Waals surface area contributed by atoms with Crippen molar-refractivity contribution < 1.29 is 10.0 Å². The molecule has 5 N–H and O–H groups in total. The van der Waals surface area contributed by atoms with Crippen molar-refractivity contribution in [1.29, 1.82) is 0 Å². The molecular formula is C8H11N3O3. The number of aromatic hydroxyl groups is 1. The van der Waals surface area contributed by atoms with Crippen molar-refractivity contribution in [3.05, 3.63) is 33.9 Å². The van der Waals surface area contributed by atoms with Gasteiger partial charge in [-0.15, -0.1) is 0 Å². The number of para-hydroxylation sites is 1. The molecule has 0 radical (unpaired) electrons.